The summed E-state index contributed by atoms with van der Waals surface area (Å²) in [5.74, 6) is 2.87. The number of nitrogens with one attached hydrogen (secondary N) is 1. The largest absolute Gasteiger partial charge is 0.460 e. The van der Waals surface area contributed by atoms with Crippen LogP contribution < -0.4 is 5.43 Å². The molecule has 2 rings (SSSR count). The van der Waals surface area contributed by atoms with Crippen molar-refractivity contribution < 1.29 is 13.9 Å². The van der Waals surface area contributed by atoms with Crippen LogP contribution in [-0.4, -0.2) is 17.9 Å². The molecule has 104 valence electrons. The van der Waals surface area contributed by atoms with Gasteiger partial charge in [-0.15, -0.1) is 0 Å². The molecule has 1 aromatic rings. The Labute approximate surface area is 113 Å². The number of carbonyl (C=O) groups excluding carboxylic acids is 1. The fourth-order valence-corrected chi connectivity index (χ4v) is 1.81. The summed E-state index contributed by atoms with van der Waals surface area (Å²) in [5.41, 5.74) is 1.77. The molecule has 0 aliphatic heterocycles. The Kier molecular flexibility index (Phi) is 3.64. The minimum atomic E-state index is -0.577. The van der Waals surface area contributed by atoms with Crippen molar-refractivity contribution in [3.8, 4) is 0 Å². The van der Waals surface area contributed by atoms with E-state index in [0.29, 0.717) is 17.6 Å². The van der Waals surface area contributed by atoms with Crippen LogP contribution in [0.25, 0.3) is 0 Å². The normalized spacial score (nSPS) is 22.5. The molecule has 1 N–H and O–H groups in total. The lowest BCUT2D eigenvalue weighted by molar-refractivity contribution is 0.0529. The lowest BCUT2D eigenvalue weighted by atomic mass is 10.2. The number of rotatable bonds is 3. The van der Waals surface area contributed by atoms with E-state index >= 15 is 0 Å². The van der Waals surface area contributed by atoms with Crippen molar-refractivity contribution in [2.45, 2.75) is 45.6 Å². The lowest BCUT2D eigenvalue weighted by Gasteiger charge is -2.18. The van der Waals surface area contributed by atoms with Crippen LogP contribution in [0.5, 0.6) is 0 Å². The number of nitrogens with zero attached hydrogens (tertiary/aromatic N) is 1. The summed E-state index contributed by atoms with van der Waals surface area (Å²) in [6.07, 6.45) is 2.08. The fourth-order valence-electron chi connectivity index (χ4n) is 1.81. The van der Waals surface area contributed by atoms with Gasteiger partial charge in [-0.2, -0.15) is 5.10 Å². The first-order chi connectivity index (χ1) is 8.85. The van der Waals surface area contributed by atoms with Crippen LogP contribution in [0.3, 0.4) is 0 Å². The van der Waals surface area contributed by atoms with Crippen LogP contribution in [0.4, 0.5) is 4.79 Å². The Morgan fingerprint density at radius 2 is 2.21 bits per heavy atom. The van der Waals surface area contributed by atoms with Gasteiger partial charge >= 0.3 is 6.09 Å². The summed E-state index contributed by atoms with van der Waals surface area (Å²) in [7, 11) is 0. The highest BCUT2D eigenvalue weighted by atomic mass is 16.6. The molecule has 5 nitrogen and oxygen atoms in total. The highest BCUT2D eigenvalue weighted by Gasteiger charge is 2.36. The number of carbonyl (C=O) groups is 1. The summed E-state index contributed by atoms with van der Waals surface area (Å²) < 4.78 is 10.7. The quantitative estimate of drug-likeness (QED) is 0.673. The molecule has 2 atom stereocenters. The predicted molar refractivity (Wildman–Crippen MR) is 72.2 cm³/mol. The van der Waals surface area contributed by atoms with Gasteiger partial charge in [0.15, 0.2) is 0 Å². The molecule has 0 aromatic carbocycles. The number of furan rings is 1. The van der Waals surface area contributed by atoms with E-state index in [4.69, 9.17) is 9.15 Å². The number of hydrogen-bond donors (Lipinski definition) is 1. The first-order valence-corrected chi connectivity index (χ1v) is 6.47. The maximum Gasteiger partial charge on any atom is 0.428 e. The van der Waals surface area contributed by atoms with E-state index in [1.54, 1.807) is 20.8 Å². The second-order valence-electron chi connectivity index (χ2n) is 5.93. The summed E-state index contributed by atoms with van der Waals surface area (Å²) in [6, 6.07) is 3.81. The number of hydrazone groups is 1. The summed E-state index contributed by atoms with van der Waals surface area (Å²) in [6.45, 7) is 7.59. The zero-order valence-electron chi connectivity index (χ0n) is 11.8. The third-order valence-corrected chi connectivity index (χ3v) is 2.87. The lowest BCUT2D eigenvalue weighted by Crippen LogP contribution is -2.29. The van der Waals surface area contributed by atoms with E-state index in [1.165, 1.54) is 12.6 Å². The van der Waals surface area contributed by atoms with Crippen molar-refractivity contribution in [3.05, 3.63) is 23.7 Å². The Bertz CT molecular complexity index is 485. The molecule has 0 bridgehead atoms. The van der Waals surface area contributed by atoms with Gasteiger partial charge in [0.05, 0.1) is 6.21 Å². The molecular weight excluding hydrogens is 244 g/mol. The molecule has 1 fully saturated rings. The molecule has 0 unspecified atom stereocenters. The molecule has 1 heterocycles. The van der Waals surface area contributed by atoms with E-state index in [1.807, 2.05) is 12.1 Å². The first kappa shape index (κ1) is 13.6. The molecular formula is C14H20N2O3. The van der Waals surface area contributed by atoms with E-state index < -0.39 is 11.7 Å². The molecule has 1 aromatic heterocycles. The van der Waals surface area contributed by atoms with E-state index in [2.05, 4.69) is 17.5 Å². The Hall–Kier alpha value is -1.78. The summed E-state index contributed by atoms with van der Waals surface area (Å²) in [5, 5.41) is 3.79. The van der Waals surface area contributed by atoms with Crippen molar-refractivity contribution in [2.75, 3.05) is 0 Å². The minimum Gasteiger partial charge on any atom is -0.460 e. The number of amides is 1. The SMILES string of the molecule is C[C@@H]1C[C@H]1c1ccc(/C=N\NC(=O)OC(C)(C)C)o1. The van der Waals surface area contributed by atoms with Gasteiger partial charge in [0.1, 0.15) is 17.1 Å². The molecule has 19 heavy (non-hydrogen) atoms. The number of ether oxygens (including phenoxy) is 1. The smallest absolute Gasteiger partial charge is 0.428 e. The molecule has 1 aliphatic carbocycles. The molecule has 0 spiro atoms. The second kappa shape index (κ2) is 5.07. The standard InChI is InChI=1S/C14H20N2O3/c1-9-7-11(9)12-6-5-10(18-12)8-15-16-13(17)19-14(2,3)4/h5-6,8-9,11H,7H2,1-4H3,(H,16,17)/b15-8-/t9-,11-/m1/s1. The van der Waals surface area contributed by atoms with Gasteiger partial charge in [0, 0.05) is 5.92 Å². The average molecular weight is 264 g/mol. The zero-order chi connectivity index (χ0) is 14.0. The Balaban J connectivity index is 1.82. The third-order valence-electron chi connectivity index (χ3n) is 2.87. The van der Waals surface area contributed by atoms with Crippen LogP contribution in [-0.2, 0) is 4.74 Å². The molecule has 0 saturated heterocycles. The van der Waals surface area contributed by atoms with E-state index in [-0.39, 0.29) is 0 Å². The van der Waals surface area contributed by atoms with Crippen molar-refractivity contribution >= 4 is 12.3 Å². The van der Waals surface area contributed by atoms with Crippen LogP contribution in [0.2, 0.25) is 0 Å². The summed E-state index contributed by atoms with van der Waals surface area (Å²) in [4.78, 5) is 11.3. The monoisotopic (exact) mass is 264 g/mol. The highest BCUT2D eigenvalue weighted by molar-refractivity contribution is 5.77. The fraction of sp³-hybridized carbons (Fsp3) is 0.571. The van der Waals surface area contributed by atoms with Gasteiger partial charge in [-0.3, -0.25) is 0 Å². The zero-order valence-corrected chi connectivity index (χ0v) is 11.8. The van der Waals surface area contributed by atoms with Crippen LogP contribution in [0.15, 0.2) is 21.7 Å². The molecule has 5 heteroatoms. The third kappa shape index (κ3) is 4.12. The molecule has 0 radical (unpaired) electrons. The van der Waals surface area contributed by atoms with Crippen LogP contribution in [0, 0.1) is 5.92 Å². The van der Waals surface area contributed by atoms with Gasteiger partial charge in [-0.05, 0) is 45.2 Å². The van der Waals surface area contributed by atoms with Crippen LogP contribution >= 0.6 is 0 Å². The Morgan fingerprint density at radius 3 is 2.79 bits per heavy atom. The maximum atomic E-state index is 11.3. The second-order valence-corrected chi connectivity index (χ2v) is 5.93. The highest BCUT2D eigenvalue weighted by Crippen LogP contribution is 2.47. The van der Waals surface area contributed by atoms with Crippen molar-refractivity contribution in [3.63, 3.8) is 0 Å². The molecule has 1 amide bonds. The van der Waals surface area contributed by atoms with Crippen molar-refractivity contribution in [1.82, 2.24) is 5.43 Å². The van der Waals surface area contributed by atoms with Gasteiger partial charge in [0.25, 0.3) is 0 Å². The van der Waals surface area contributed by atoms with Crippen molar-refractivity contribution in [1.29, 1.82) is 0 Å². The van der Waals surface area contributed by atoms with Gasteiger partial charge in [-0.25, -0.2) is 10.2 Å². The van der Waals surface area contributed by atoms with Gasteiger partial charge in [-0.1, -0.05) is 6.92 Å². The molecule has 1 aliphatic rings. The minimum absolute atomic E-state index is 0.528. The first-order valence-electron chi connectivity index (χ1n) is 6.47. The predicted octanol–water partition coefficient (Wildman–Crippen LogP) is 3.26. The van der Waals surface area contributed by atoms with Crippen LogP contribution in [0.1, 0.15) is 51.6 Å². The van der Waals surface area contributed by atoms with Gasteiger partial charge < -0.3 is 9.15 Å². The summed E-state index contributed by atoms with van der Waals surface area (Å²) >= 11 is 0. The van der Waals surface area contributed by atoms with E-state index in [0.717, 1.165) is 5.76 Å². The molecule has 1 saturated carbocycles. The van der Waals surface area contributed by atoms with Crippen molar-refractivity contribution in [2.24, 2.45) is 11.0 Å². The topological polar surface area (TPSA) is 63.8 Å². The van der Waals surface area contributed by atoms with Gasteiger partial charge in [0.2, 0.25) is 0 Å². The Morgan fingerprint density at radius 1 is 1.53 bits per heavy atom. The average Bonchev–Trinajstić information content (AvgIpc) is 2.82. The van der Waals surface area contributed by atoms with E-state index in [9.17, 15) is 4.79 Å². The number of hydrogen-bond acceptors (Lipinski definition) is 4. The maximum absolute atomic E-state index is 11.3.